The second kappa shape index (κ2) is 5.85. The highest BCUT2D eigenvalue weighted by atomic mass is 35.5. The SMILES string of the molecule is O=C(NN=CC1C=CC=C1)c1ccc(Cl)cc1Cl. The fourth-order valence-corrected chi connectivity index (χ4v) is 1.96. The summed E-state index contributed by atoms with van der Waals surface area (Å²) in [5.74, 6) is -0.232. The minimum atomic E-state index is -0.362. The summed E-state index contributed by atoms with van der Waals surface area (Å²) < 4.78 is 0. The van der Waals surface area contributed by atoms with Crippen LogP contribution in [-0.4, -0.2) is 12.1 Å². The second-order valence-electron chi connectivity index (χ2n) is 3.69. The van der Waals surface area contributed by atoms with Gasteiger partial charge >= 0.3 is 0 Å². The fourth-order valence-electron chi connectivity index (χ4n) is 1.46. The van der Waals surface area contributed by atoms with Crippen LogP contribution in [0.15, 0.2) is 47.6 Å². The topological polar surface area (TPSA) is 41.5 Å². The van der Waals surface area contributed by atoms with E-state index in [1.165, 1.54) is 6.07 Å². The molecular formula is C13H10Cl2N2O. The Morgan fingerprint density at radius 3 is 2.67 bits per heavy atom. The monoisotopic (exact) mass is 280 g/mol. The summed E-state index contributed by atoms with van der Waals surface area (Å²) in [6.45, 7) is 0. The van der Waals surface area contributed by atoms with E-state index in [9.17, 15) is 4.79 Å². The minimum Gasteiger partial charge on any atom is -0.267 e. The molecule has 1 aromatic carbocycles. The average Bonchev–Trinajstić information content (AvgIpc) is 2.81. The molecule has 1 aliphatic rings. The van der Waals surface area contributed by atoms with Crippen molar-refractivity contribution in [2.24, 2.45) is 11.0 Å². The number of hydrogen-bond donors (Lipinski definition) is 1. The Bertz CT molecular complexity index is 538. The number of hydrogen-bond acceptors (Lipinski definition) is 2. The van der Waals surface area contributed by atoms with Crippen molar-refractivity contribution in [2.45, 2.75) is 0 Å². The van der Waals surface area contributed by atoms with Crippen LogP contribution in [0.2, 0.25) is 10.0 Å². The first kappa shape index (κ1) is 12.9. The second-order valence-corrected chi connectivity index (χ2v) is 4.53. The molecule has 1 aliphatic carbocycles. The highest BCUT2D eigenvalue weighted by Gasteiger charge is 2.09. The van der Waals surface area contributed by atoms with Gasteiger partial charge in [0.25, 0.3) is 5.91 Å². The molecule has 0 unspecified atom stereocenters. The first-order valence-corrected chi connectivity index (χ1v) is 6.06. The lowest BCUT2D eigenvalue weighted by Gasteiger charge is -2.03. The molecule has 0 saturated carbocycles. The zero-order valence-corrected chi connectivity index (χ0v) is 10.8. The summed E-state index contributed by atoms with van der Waals surface area (Å²) in [6.07, 6.45) is 9.42. The summed E-state index contributed by atoms with van der Waals surface area (Å²) in [4.78, 5) is 11.8. The van der Waals surface area contributed by atoms with E-state index >= 15 is 0 Å². The summed E-state index contributed by atoms with van der Waals surface area (Å²) in [7, 11) is 0. The van der Waals surface area contributed by atoms with Gasteiger partial charge in [0, 0.05) is 17.2 Å². The van der Waals surface area contributed by atoms with E-state index in [1.807, 2.05) is 24.3 Å². The maximum atomic E-state index is 11.8. The standard InChI is InChI=1S/C13H10Cl2N2O/c14-10-5-6-11(12(15)7-10)13(18)17-16-8-9-3-1-2-4-9/h1-9H,(H,17,18). The van der Waals surface area contributed by atoms with E-state index in [2.05, 4.69) is 10.5 Å². The Balaban J connectivity index is 1.99. The molecule has 18 heavy (non-hydrogen) atoms. The van der Waals surface area contributed by atoms with Crippen LogP contribution < -0.4 is 5.43 Å². The van der Waals surface area contributed by atoms with E-state index in [-0.39, 0.29) is 11.8 Å². The first-order chi connectivity index (χ1) is 8.66. The lowest BCUT2D eigenvalue weighted by molar-refractivity contribution is 0.0955. The Labute approximate surface area is 115 Å². The van der Waals surface area contributed by atoms with Gasteiger partial charge in [-0.05, 0) is 18.2 Å². The van der Waals surface area contributed by atoms with Crippen LogP contribution in [0.3, 0.4) is 0 Å². The predicted molar refractivity (Wildman–Crippen MR) is 74.2 cm³/mol. The molecule has 1 amide bonds. The molecule has 0 bridgehead atoms. The molecule has 0 heterocycles. The van der Waals surface area contributed by atoms with Crippen molar-refractivity contribution >= 4 is 35.3 Å². The third-order valence-electron chi connectivity index (χ3n) is 2.37. The number of carbonyl (C=O) groups excluding carboxylic acids is 1. The van der Waals surface area contributed by atoms with Gasteiger partial charge in [-0.2, -0.15) is 5.10 Å². The molecule has 2 rings (SSSR count). The molecule has 0 saturated heterocycles. The lowest BCUT2D eigenvalue weighted by atomic mass is 10.2. The van der Waals surface area contributed by atoms with Gasteiger partial charge in [-0.3, -0.25) is 4.79 Å². The van der Waals surface area contributed by atoms with Crippen LogP contribution in [0, 0.1) is 5.92 Å². The first-order valence-electron chi connectivity index (χ1n) is 5.30. The van der Waals surface area contributed by atoms with Gasteiger partial charge in [0.05, 0.1) is 10.6 Å². The Morgan fingerprint density at radius 2 is 2.00 bits per heavy atom. The largest absolute Gasteiger partial charge is 0.272 e. The van der Waals surface area contributed by atoms with E-state index in [0.717, 1.165) is 0 Å². The van der Waals surface area contributed by atoms with Crippen LogP contribution >= 0.6 is 23.2 Å². The molecular weight excluding hydrogens is 271 g/mol. The fraction of sp³-hybridized carbons (Fsp3) is 0.0769. The average molecular weight is 281 g/mol. The third kappa shape index (κ3) is 3.22. The number of rotatable bonds is 3. The molecule has 0 aliphatic heterocycles. The smallest absolute Gasteiger partial charge is 0.267 e. The Morgan fingerprint density at radius 1 is 1.28 bits per heavy atom. The van der Waals surface area contributed by atoms with Crippen molar-refractivity contribution in [3.63, 3.8) is 0 Å². The zero-order valence-electron chi connectivity index (χ0n) is 9.31. The molecule has 1 aromatic rings. The number of benzene rings is 1. The van der Waals surface area contributed by atoms with E-state index in [4.69, 9.17) is 23.2 Å². The molecule has 3 nitrogen and oxygen atoms in total. The molecule has 92 valence electrons. The van der Waals surface area contributed by atoms with E-state index in [0.29, 0.717) is 15.6 Å². The van der Waals surface area contributed by atoms with Gasteiger partial charge < -0.3 is 0 Å². The number of amides is 1. The zero-order chi connectivity index (χ0) is 13.0. The highest BCUT2D eigenvalue weighted by Crippen LogP contribution is 2.20. The number of carbonyl (C=O) groups is 1. The van der Waals surface area contributed by atoms with E-state index < -0.39 is 0 Å². The summed E-state index contributed by atoms with van der Waals surface area (Å²) in [5.41, 5.74) is 2.76. The van der Waals surface area contributed by atoms with Gasteiger partial charge in [0.2, 0.25) is 0 Å². The van der Waals surface area contributed by atoms with Crippen LogP contribution in [-0.2, 0) is 0 Å². The van der Waals surface area contributed by atoms with Gasteiger partial charge in [-0.1, -0.05) is 47.5 Å². The number of nitrogens with one attached hydrogen (secondary N) is 1. The molecule has 0 radical (unpaired) electrons. The summed E-state index contributed by atoms with van der Waals surface area (Å²) >= 11 is 11.7. The van der Waals surface area contributed by atoms with Gasteiger partial charge in [-0.25, -0.2) is 5.43 Å². The van der Waals surface area contributed by atoms with Crippen LogP contribution in [0.1, 0.15) is 10.4 Å². The van der Waals surface area contributed by atoms with E-state index in [1.54, 1.807) is 18.3 Å². The maximum Gasteiger partial charge on any atom is 0.272 e. The van der Waals surface area contributed by atoms with Gasteiger partial charge in [0.15, 0.2) is 0 Å². The van der Waals surface area contributed by atoms with Crippen LogP contribution in [0.25, 0.3) is 0 Å². The molecule has 1 N–H and O–H groups in total. The normalized spacial score (nSPS) is 14.6. The summed E-state index contributed by atoms with van der Waals surface area (Å²) in [6, 6.07) is 4.68. The number of nitrogens with zero attached hydrogens (tertiary/aromatic N) is 1. The minimum absolute atomic E-state index is 0.131. The van der Waals surface area contributed by atoms with Crippen LogP contribution in [0.5, 0.6) is 0 Å². The van der Waals surface area contributed by atoms with Gasteiger partial charge in [0.1, 0.15) is 0 Å². The highest BCUT2D eigenvalue weighted by molar-refractivity contribution is 6.36. The van der Waals surface area contributed by atoms with Crippen molar-refractivity contribution in [1.82, 2.24) is 5.43 Å². The Hall–Kier alpha value is -1.58. The van der Waals surface area contributed by atoms with Crippen LogP contribution in [0.4, 0.5) is 0 Å². The van der Waals surface area contributed by atoms with Gasteiger partial charge in [-0.15, -0.1) is 0 Å². The number of allylic oxidation sites excluding steroid dienone is 4. The predicted octanol–water partition coefficient (Wildman–Crippen LogP) is 3.45. The summed E-state index contributed by atoms with van der Waals surface area (Å²) in [5, 5.41) is 4.66. The van der Waals surface area contributed by atoms with Crippen molar-refractivity contribution in [1.29, 1.82) is 0 Å². The Kier molecular flexibility index (Phi) is 4.18. The molecule has 0 aromatic heterocycles. The maximum absolute atomic E-state index is 11.8. The molecule has 0 spiro atoms. The third-order valence-corrected chi connectivity index (χ3v) is 2.91. The quantitative estimate of drug-likeness (QED) is 0.669. The number of halogens is 2. The molecule has 5 heteroatoms. The number of hydrazone groups is 1. The molecule has 0 fully saturated rings. The van der Waals surface area contributed by atoms with Crippen molar-refractivity contribution in [2.75, 3.05) is 0 Å². The van der Waals surface area contributed by atoms with Crippen molar-refractivity contribution in [3.8, 4) is 0 Å². The van der Waals surface area contributed by atoms with Crippen molar-refractivity contribution < 1.29 is 4.79 Å². The molecule has 0 atom stereocenters. The van der Waals surface area contributed by atoms with Crippen molar-refractivity contribution in [3.05, 3.63) is 58.1 Å². The lowest BCUT2D eigenvalue weighted by Crippen LogP contribution is -2.18.